The molecule has 1 rings (SSSR count). The summed E-state index contributed by atoms with van der Waals surface area (Å²) in [5.74, 6) is 1.12. The molecule has 5 heteroatoms. The molecule has 0 radical (unpaired) electrons. The first-order valence-corrected chi connectivity index (χ1v) is 6.61. The minimum Gasteiger partial charge on any atom is -0.327 e. The van der Waals surface area contributed by atoms with Gasteiger partial charge >= 0.3 is 0 Å². The monoisotopic (exact) mass is 237 g/mol. The molecule has 0 amide bonds. The second-order valence-electron chi connectivity index (χ2n) is 2.93. The van der Waals surface area contributed by atoms with Crippen molar-refractivity contribution in [1.29, 1.82) is 0 Å². The first kappa shape index (κ1) is 11.2. The van der Waals surface area contributed by atoms with Crippen molar-refractivity contribution in [2.24, 2.45) is 5.73 Å². The Labute approximate surface area is 89.5 Å². The van der Waals surface area contributed by atoms with E-state index in [0.717, 1.165) is 9.21 Å². The highest BCUT2D eigenvalue weighted by Gasteiger charge is 2.06. The molecule has 0 aliphatic heterocycles. The van der Waals surface area contributed by atoms with Crippen LogP contribution in [0.4, 0.5) is 0 Å². The zero-order valence-electron chi connectivity index (χ0n) is 7.33. The van der Waals surface area contributed by atoms with E-state index < -0.39 is 10.8 Å². The molecule has 1 aromatic heterocycles. The quantitative estimate of drug-likeness (QED) is 0.871. The fourth-order valence-corrected chi connectivity index (χ4v) is 3.57. The van der Waals surface area contributed by atoms with Gasteiger partial charge in [-0.3, -0.25) is 4.21 Å². The lowest BCUT2D eigenvalue weighted by atomic mass is 10.4. The lowest BCUT2D eigenvalue weighted by molar-refractivity contribution is 0.676. The van der Waals surface area contributed by atoms with Crippen LogP contribution in [0, 0.1) is 0 Å². The fraction of sp³-hybridized carbons (Fsp3) is 0.500. The lowest BCUT2D eigenvalue weighted by Gasteiger charge is -2.03. The summed E-state index contributed by atoms with van der Waals surface area (Å²) in [6, 6.07) is 3.73. The fourth-order valence-electron chi connectivity index (χ4n) is 0.940. The van der Waals surface area contributed by atoms with E-state index in [1.807, 2.05) is 19.1 Å². The summed E-state index contributed by atoms with van der Waals surface area (Å²) in [6.07, 6.45) is 0. The van der Waals surface area contributed by atoms with Crippen molar-refractivity contribution in [1.82, 2.24) is 0 Å². The standard InChI is InChI=1S/C8H12ClNOS2/c1-6(10)4-13(11)5-7-2-3-8(9)12-7/h2-3,6H,4-5,10H2,1H3. The molecule has 2 N–H and O–H groups in total. The number of hydrogen-bond donors (Lipinski definition) is 1. The molecule has 0 aromatic carbocycles. The molecule has 0 fully saturated rings. The Kier molecular flexibility index (Phi) is 4.38. The van der Waals surface area contributed by atoms with E-state index in [1.54, 1.807) is 0 Å². The largest absolute Gasteiger partial charge is 0.327 e. The van der Waals surface area contributed by atoms with Crippen molar-refractivity contribution >= 4 is 33.7 Å². The third-order valence-electron chi connectivity index (χ3n) is 1.38. The van der Waals surface area contributed by atoms with Crippen LogP contribution in [0.2, 0.25) is 4.34 Å². The molecule has 13 heavy (non-hydrogen) atoms. The Balaban J connectivity index is 2.45. The molecule has 74 valence electrons. The van der Waals surface area contributed by atoms with Crippen LogP contribution in [0.15, 0.2) is 12.1 Å². The van der Waals surface area contributed by atoms with Gasteiger partial charge in [-0.1, -0.05) is 11.6 Å². The maximum absolute atomic E-state index is 11.4. The summed E-state index contributed by atoms with van der Waals surface area (Å²) in [6.45, 7) is 1.86. The van der Waals surface area contributed by atoms with Gasteiger partial charge in [-0.05, 0) is 19.1 Å². The van der Waals surface area contributed by atoms with Crippen LogP contribution in [0.3, 0.4) is 0 Å². The van der Waals surface area contributed by atoms with Crippen molar-refractivity contribution in [2.75, 3.05) is 5.75 Å². The third kappa shape index (κ3) is 4.22. The number of halogens is 1. The highest BCUT2D eigenvalue weighted by molar-refractivity contribution is 7.84. The van der Waals surface area contributed by atoms with Gasteiger partial charge in [0.05, 0.1) is 10.1 Å². The molecule has 2 atom stereocenters. The Morgan fingerprint density at radius 2 is 2.38 bits per heavy atom. The van der Waals surface area contributed by atoms with Crippen LogP contribution in [0.1, 0.15) is 11.8 Å². The van der Waals surface area contributed by atoms with Gasteiger partial charge in [-0.2, -0.15) is 0 Å². The zero-order chi connectivity index (χ0) is 9.84. The Morgan fingerprint density at radius 1 is 1.69 bits per heavy atom. The number of nitrogens with two attached hydrogens (primary N) is 1. The second kappa shape index (κ2) is 5.10. The van der Waals surface area contributed by atoms with Gasteiger partial charge in [0.15, 0.2) is 0 Å². The summed E-state index contributed by atoms with van der Waals surface area (Å²) in [4.78, 5) is 1.06. The number of rotatable bonds is 4. The normalized spacial score (nSPS) is 15.6. The summed E-state index contributed by atoms with van der Waals surface area (Å²) >= 11 is 7.22. The Hall–Kier alpha value is 0.1000. The van der Waals surface area contributed by atoms with Gasteiger partial charge in [0, 0.05) is 27.5 Å². The van der Waals surface area contributed by atoms with E-state index in [1.165, 1.54) is 11.3 Å². The van der Waals surface area contributed by atoms with Crippen LogP contribution in [-0.2, 0) is 16.6 Å². The van der Waals surface area contributed by atoms with E-state index in [0.29, 0.717) is 11.5 Å². The molecular weight excluding hydrogens is 226 g/mol. The van der Waals surface area contributed by atoms with Gasteiger partial charge < -0.3 is 5.73 Å². The van der Waals surface area contributed by atoms with Crippen LogP contribution in [0.25, 0.3) is 0 Å². The predicted molar refractivity (Wildman–Crippen MR) is 59.7 cm³/mol. The molecule has 2 nitrogen and oxygen atoms in total. The van der Waals surface area contributed by atoms with Gasteiger partial charge in [-0.25, -0.2) is 0 Å². The van der Waals surface area contributed by atoms with Crippen LogP contribution < -0.4 is 5.73 Å². The lowest BCUT2D eigenvalue weighted by Crippen LogP contribution is -2.23. The smallest absolute Gasteiger partial charge is 0.0931 e. The first-order chi connectivity index (χ1) is 6.08. The second-order valence-corrected chi connectivity index (χ2v) is 6.24. The molecule has 1 aromatic rings. The Morgan fingerprint density at radius 3 is 2.85 bits per heavy atom. The van der Waals surface area contributed by atoms with Gasteiger partial charge in [0.1, 0.15) is 0 Å². The molecule has 1 heterocycles. The van der Waals surface area contributed by atoms with Crippen LogP contribution in [-0.4, -0.2) is 16.0 Å². The molecule has 2 unspecified atom stereocenters. The van der Waals surface area contributed by atoms with Crippen molar-refractivity contribution in [3.05, 3.63) is 21.3 Å². The highest BCUT2D eigenvalue weighted by atomic mass is 35.5. The summed E-state index contributed by atoms with van der Waals surface area (Å²) in [7, 11) is -0.861. The topological polar surface area (TPSA) is 43.1 Å². The van der Waals surface area contributed by atoms with Crippen molar-refractivity contribution < 1.29 is 4.21 Å². The van der Waals surface area contributed by atoms with Crippen LogP contribution >= 0.6 is 22.9 Å². The average molecular weight is 238 g/mol. The summed E-state index contributed by atoms with van der Waals surface area (Å²) in [5.41, 5.74) is 5.54. The SMILES string of the molecule is CC(N)CS(=O)Cc1ccc(Cl)s1. The van der Waals surface area contributed by atoms with Gasteiger partial charge in [0.2, 0.25) is 0 Å². The maximum atomic E-state index is 11.4. The third-order valence-corrected chi connectivity index (χ3v) is 4.33. The minimum absolute atomic E-state index is 0.00346. The van der Waals surface area contributed by atoms with E-state index in [4.69, 9.17) is 17.3 Å². The van der Waals surface area contributed by atoms with Crippen molar-refractivity contribution in [3.63, 3.8) is 0 Å². The van der Waals surface area contributed by atoms with E-state index in [-0.39, 0.29) is 6.04 Å². The van der Waals surface area contributed by atoms with Crippen molar-refractivity contribution in [2.45, 2.75) is 18.7 Å². The minimum atomic E-state index is -0.861. The number of thiophene rings is 1. The molecule has 0 aliphatic carbocycles. The van der Waals surface area contributed by atoms with E-state index in [9.17, 15) is 4.21 Å². The molecule has 0 saturated carbocycles. The van der Waals surface area contributed by atoms with Crippen LogP contribution in [0.5, 0.6) is 0 Å². The van der Waals surface area contributed by atoms with E-state index in [2.05, 4.69) is 0 Å². The molecule has 0 spiro atoms. The average Bonchev–Trinajstić information content (AvgIpc) is 2.33. The van der Waals surface area contributed by atoms with Crippen molar-refractivity contribution in [3.8, 4) is 0 Å². The first-order valence-electron chi connectivity index (χ1n) is 3.92. The van der Waals surface area contributed by atoms with E-state index >= 15 is 0 Å². The Bertz CT molecular complexity index is 298. The molecule has 0 aliphatic rings. The summed E-state index contributed by atoms with van der Waals surface area (Å²) in [5, 5.41) is 0. The molecular formula is C8H12ClNOS2. The molecule has 0 saturated heterocycles. The van der Waals surface area contributed by atoms with Gasteiger partial charge in [-0.15, -0.1) is 11.3 Å². The van der Waals surface area contributed by atoms with Gasteiger partial charge in [0.25, 0.3) is 0 Å². The maximum Gasteiger partial charge on any atom is 0.0931 e. The predicted octanol–water partition coefficient (Wildman–Crippen LogP) is 2.00. The zero-order valence-corrected chi connectivity index (χ0v) is 9.72. The molecule has 0 bridgehead atoms. The summed E-state index contributed by atoms with van der Waals surface area (Å²) < 4.78 is 12.2. The highest BCUT2D eigenvalue weighted by Crippen LogP contribution is 2.22. The number of hydrogen-bond acceptors (Lipinski definition) is 3.